The van der Waals surface area contributed by atoms with E-state index in [-0.39, 0.29) is 56.9 Å². The number of β-lactam (4-membered cyclic amide) rings is 2. The summed E-state index contributed by atoms with van der Waals surface area (Å²) in [6.45, 7) is 38.8. The molecule has 2 aliphatic rings. The summed E-state index contributed by atoms with van der Waals surface area (Å²) in [6, 6.07) is 7.66. The number of carbonyl (C=O) groups excluding carboxylic acids is 4. The third kappa shape index (κ3) is 12.4. The highest BCUT2D eigenvalue weighted by Gasteiger charge is 2.50. The van der Waals surface area contributed by atoms with Gasteiger partial charge in [0.05, 0.1) is 24.2 Å². The Kier molecular flexibility index (Phi) is 15.4. The molecule has 1 aromatic rings. The van der Waals surface area contributed by atoms with E-state index >= 15 is 0 Å². The summed E-state index contributed by atoms with van der Waals surface area (Å²) in [7, 11) is -5.67. The predicted octanol–water partition coefficient (Wildman–Crippen LogP) is 8.38. The van der Waals surface area contributed by atoms with E-state index in [1.165, 1.54) is 12.5 Å². The van der Waals surface area contributed by atoms with Gasteiger partial charge in [-0.25, -0.2) is 0 Å². The molecular formula is C40H72N2O8Si3. The van der Waals surface area contributed by atoms with Gasteiger partial charge in [-0.15, -0.1) is 0 Å². The average molecular weight is 793 g/mol. The zero-order valence-electron chi connectivity index (χ0n) is 36.2. The molecule has 1 aromatic carbocycles. The molecule has 0 aromatic heterocycles. The van der Waals surface area contributed by atoms with E-state index in [4.69, 9.17) is 18.0 Å². The molecule has 302 valence electrons. The van der Waals surface area contributed by atoms with Crippen LogP contribution >= 0.6 is 0 Å². The highest BCUT2D eigenvalue weighted by Crippen LogP contribution is 2.41. The molecule has 2 aliphatic heterocycles. The summed E-state index contributed by atoms with van der Waals surface area (Å²) >= 11 is 0. The Morgan fingerprint density at radius 3 is 1.53 bits per heavy atom. The van der Waals surface area contributed by atoms with Crippen molar-refractivity contribution in [2.75, 3.05) is 6.61 Å². The van der Waals surface area contributed by atoms with Crippen molar-refractivity contribution in [1.29, 1.82) is 0 Å². The van der Waals surface area contributed by atoms with Crippen molar-refractivity contribution in [3.8, 4) is 0 Å². The van der Waals surface area contributed by atoms with Crippen LogP contribution in [0.15, 0.2) is 24.3 Å². The lowest BCUT2D eigenvalue weighted by Crippen LogP contribution is -2.65. The van der Waals surface area contributed by atoms with Crippen molar-refractivity contribution in [3.63, 3.8) is 0 Å². The first-order chi connectivity index (χ1) is 23.8. The SMILES string of the molecule is CC(=O)O[C@H]1NC(=O)[C@@H]1[C@@H](C)O[Si](C)(C)C(C)(C)C.C[C@@H](O[Si](C)(C)C(C)(C)C)[C@H]1C(=O)N[C@@H]1CC(=O)c1ccc(CCO[Si](C)(C)C(C)(C)C)cc1. The van der Waals surface area contributed by atoms with Crippen molar-refractivity contribution in [2.24, 2.45) is 11.8 Å². The van der Waals surface area contributed by atoms with E-state index in [1.54, 1.807) is 0 Å². The first kappa shape index (κ1) is 47.0. The van der Waals surface area contributed by atoms with Gasteiger partial charge in [0.25, 0.3) is 0 Å². The van der Waals surface area contributed by atoms with Crippen molar-refractivity contribution in [1.82, 2.24) is 10.6 Å². The maximum absolute atomic E-state index is 12.9. The highest BCUT2D eigenvalue weighted by atomic mass is 28.4. The maximum atomic E-state index is 12.9. The molecule has 13 heteroatoms. The second-order valence-electron chi connectivity index (χ2n) is 19.6. The highest BCUT2D eigenvalue weighted by molar-refractivity contribution is 6.75. The van der Waals surface area contributed by atoms with E-state index in [2.05, 4.69) is 112 Å². The molecule has 53 heavy (non-hydrogen) atoms. The Balaban J connectivity index is 0.000000432. The molecule has 3 rings (SSSR count). The van der Waals surface area contributed by atoms with Crippen molar-refractivity contribution >= 4 is 48.5 Å². The number of hydrogen-bond acceptors (Lipinski definition) is 8. The second-order valence-corrected chi connectivity index (χ2v) is 33.9. The molecule has 0 saturated carbocycles. The van der Waals surface area contributed by atoms with E-state index in [9.17, 15) is 19.2 Å². The number of carbonyl (C=O) groups is 4. The van der Waals surface area contributed by atoms with E-state index in [0.717, 1.165) is 6.42 Å². The smallest absolute Gasteiger partial charge is 0.304 e. The lowest BCUT2D eigenvalue weighted by molar-refractivity contribution is -0.173. The molecule has 0 spiro atoms. The van der Waals surface area contributed by atoms with Gasteiger partial charge in [0, 0.05) is 25.5 Å². The van der Waals surface area contributed by atoms with Gasteiger partial charge in [-0.05, 0) is 80.2 Å². The second kappa shape index (κ2) is 17.3. The molecule has 2 amide bonds. The van der Waals surface area contributed by atoms with Crippen molar-refractivity contribution in [3.05, 3.63) is 35.4 Å². The number of ether oxygens (including phenoxy) is 1. The van der Waals surface area contributed by atoms with E-state index in [0.29, 0.717) is 18.6 Å². The third-order valence-corrected chi connectivity index (χ3v) is 25.9. The average Bonchev–Trinajstić information content (AvgIpc) is 2.94. The number of hydrogen-bond donors (Lipinski definition) is 2. The first-order valence-corrected chi connectivity index (χ1v) is 27.9. The minimum atomic E-state index is -1.99. The Bertz CT molecular complexity index is 1440. The van der Waals surface area contributed by atoms with Crippen molar-refractivity contribution < 1.29 is 37.2 Å². The van der Waals surface area contributed by atoms with Crippen LogP contribution in [-0.4, -0.2) is 79.6 Å². The Hall–Kier alpha value is -2.17. The topological polar surface area (TPSA) is 129 Å². The standard InChI is InChI=1S/C27H47NO4Si2.C13H25NO4Si/c1-19(32-34(10,11)27(5,6)7)24-22(28-25(24)30)18-23(29)21-14-12-20(13-15-21)16-17-31-33(8,9)26(2,3)4;1-8(18-19(6,7)13(3,4)5)10-11(16)14-12(10)17-9(2)15/h12-15,19,22,24H,16-18H2,1-11H3,(H,28,30);8,10,12H,1-7H3,(H,14,16)/t19-,22-,24-;8-,10+,12-/m11/s1. The first-order valence-electron chi connectivity index (χ1n) is 19.2. The minimum Gasteiger partial charge on any atom is -0.441 e. The van der Waals surface area contributed by atoms with Gasteiger partial charge in [0.1, 0.15) is 5.92 Å². The molecule has 0 aliphatic carbocycles. The normalized spacial score (nSPS) is 22.2. The fourth-order valence-electron chi connectivity index (χ4n) is 5.53. The molecule has 2 fully saturated rings. The van der Waals surface area contributed by atoms with Crippen LogP contribution in [0.25, 0.3) is 0 Å². The predicted molar refractivity (Wildman–Crippen MR) is 220 cm³/mol. The molecule has 2 saturated heterocycles. The Labute approximate surface area is 324 Å². The summed E-state index contributed by atoms with van der Waals surface area (Å²) in [5, 5.41) is 5.87. The molecule has 0 bridgehead atoms. The lowest BCUT2D eigenvalue weighted by atomic mass is 9.82. The minimum absolute atomic E-state index is 0.0129. The maximum Gasteiger partial charge on any atom is 0.304 e. The van der Waals surface area contributed by atoms with Crippen LogP contribution in [0.5, 0.6) is 0 Å². The van der Waals surface area contributed by atoms with Crippen LogP contribution < -0.4 is 10.6 Å². The van der Waals surface area contributed by atoms with Crippen LogP contribution in [0, 0.1) is 11.8 Å². The molecule has 6 atom stereocenters. The van der Waals surface area contributed by atoms with Gasteiger partial charge in [-0.3, -0.25) is 19.2 Å². The molecule has 0 unspecified atom stereocenters. The van der Waals surface area contributed by atoms with E-state index in [1.807, 2.05) is 38.1 Å². The fraction of sp³-hybridized carbons (Fsp3) is 0.750. The zero-order valence-corrected chi connectivity index (χ0v) is 39.2. The third-order valence-electron chi connectivity index (χ3n) is 12.2. The number of nitrogens with one attached hydrogen (secondary N) is 2. The molecule has 10 nitrogen and oxygen atoms in total. The fourth-order valence-corrected chi connectivity index (χ4v) is 9.43. The monoisotopic (exact) mass is 792 g/mol. The van der Waals surface area contributed by atoms with Gasteiger partial charge in [-0.1, -0.05) is 86.6 Å². The summed E-state index contributed by atoms with van der Waals surface area (Å²) in [5.41, 5.74) is 1.86. The Morgan fingerprint density at radius 1 is 0.698 bits per heavy atom. The lowest BCUT2D eigenvalue weighted by Gasteiger charge is -2.45. The number of Topliss-reactive ketones (excluding diaryl/α,β-unsaturated/α-hetero) is 1. The van der Waals surface area contributed by atoms with Gasteiger partial charge >= 0.3 is 5.97 Å². The zero-order chi connectivity index (χ0) is 41.1. The van der Waals surface area contributed by atoms with Crippen LogP contribution in [-0.2, 0) is 38.8 Å². The number of benzene rings is 1. The van der Waals surface area contributed by atoms with Gasteiger partial charge < -0.3 is 28.6 Å². The number of amides is 2. The Morgan fingerprint density at radius 2 is 1.13 bits per heavy atom. The number of ketones is 1. The van der Waals surface area contributed by atoms with Crippen LogP contribution in [0.1, 0.15) is 105 Å². The van der Waals surface area contributed by atoms with Gasteiger partial charge in [0.15, 0.2) is 37.0 Å². The quantitative estimate of drug-likeness (QED) is 0.0833. The van der Waals surface area contributed by atoms with Crippen LogP contribution in [0.2, 0.25) is 54.4 Å². The van der Waals surface area contributed by atoms with E-state index < -0.39 is 43.1 Å². The van der Waals surface area contributed by atoms with Crippen molar-refractivity contribution in [2.45, 2.75) is 175 Å². The summed E-state index contributed by atoms with van der Waals surface area (Å²) in [6.07, 6.45) is 0.138. The molecule has 2 N–H and O–H groups in total. The van der Waals surface area contributed by atoms with Gasteiger partial charge in [0.2, 0.25) is 11.8 Å². The number of rotatable bonds is 14. The molecular weight excluding hydrogens is 721 g/mol. The summed E-state index contributed by atoms with van der Waals surface area (Å²) < 4.78 is 24.0. The number of esters is 1. The molecule has 0 radical (unpaired) electrons. The summed E-state index contributed by atoms with van der Waals surface area (Å²) in [5.74, 6) is -1.14. The van der Waals surface area contributed by atoms with Crippen LogP contribution in [0.3, 0.4) is 0 Å². The molecule has 2 heterocycles. The van der Waals surface area contributed by atoms with Gasteiger partial charge in [-0.2, -0.15) is 0 Å². The summed E-state index contributed by atoms with van der Waals surface area (Å²) in [4.78, 5) is 47.8. The van der Waals surface area contributed by atoms with Crippen LogP contribution in [0.4, 0.5) is 0 Å². The largest absolute Gasteiger partial charge is 0.441 e.